The van der Waals surface area contributed by atoms with Crippen LogP contribution in [0.5, 0.6) is 5.75 Å². The first-order chi connectivity index (χ1) is 9.11. The van der Waals surface area contributed by atoms with Gasteiger partial charge >= 0.3 is 5.63 Å². The maximum atomic E-state index is 14.5. The maximum Gasteiger partial charge on any atom is 0.339 e. The molecule has 5 heteroatoms. The summed E-state index contributed by atoms with van der Waals surface area (Å²) in [6.45, 7) is 8.71. The first kappa shape index (κ1) is 14.9. The van der Waals surface area contributed by atoms with Crippen LogP contribution in [-0.4, -0.2) is 5.60 Å². The van der Waals surface area contributed by atoms with E-state index >= 15 is 0 Å². The van der Waals surface area contributed by atoms with Gasteiger partial charge in [-0.25, -0.2) is 4.79 Å². The average Bonchev–Trinajstić information content (AvgIpc) is 2.33. The van der Waals surface area contributed by atoms with E-state index in [-0.39, 0.29) is 16.4 Å². The Bertz CT molecular complexity index is 742. The van der Waals surface area contributed by atoms with Gasteiger partial charge in [0.1, 0.15) is 5.60 Å². The highest BCUT2D eigenvalue weighted by Crippen LogP contribution is 2.37. The van der Waals surface area contributed by atoms with Crippen LogP contribution in [0.25, 0.3) is 11.0 Å². The number of halogens is 2. The van der Waals surface area contributed by atoms with E-state index in [0.717, 1.165) is 0 Å². The second-order valence-corrected chi connectivity index (χ2v) is 6.14. The van der Waals surface area contributed by atoms with E-state index in [4.69, 9.17) is 20.8 Å². The van der Waals surface area contributed by atoms with Gasteiger partial charge in [-0.15, -0.1) is 0 Å². The quantitative estimate of drug-likeness (QED) is 0.733. The van der Waals surface area contributed by atoms with E-state index in [9.17, 15) is 9.18 Å². The van der Waals surface area contributed by atoms with Crippen molar-refractivity contribution in [3.63, 3.8) is 0 Å². The van der Waals surface area contributed by atoms with Gasteiger partial charge < -0.3 is 9.15 Å². The van der Waals surface area contributed by atoms with Gasteiger partial charge in [0.05, 0.1) is 5.02 Å². The van der Waals surface area contributed by atoms with Gasteiger partial charge in [-0.1, -0.05) is 11.6 Å². The molecule has 20 heavy (non-hydrogen) atoms. The van der Waals surface area contributed by atoms with Gasteiger partial charge in [-0.05, 0) is 46.2 Å². The highest BCUT2D eigenvalue weighted by Gasteiger charge is 2.23. The molecule has 1 aromatic carbocycles. The molecule has 1 aromatic heterocycles. The Morgan fingerprint density at radius 1 is 1.25 bits per heavy atom. The average molecular weight is 299 g/mol. The van der Waals surface area contributed by atoms with Crippen molar-refractivity contribution in [3.05, 3.63) is 38.5 Å². The molecule has 0 saturated carbocycles. The van der Waals surface area contributed by atoms with E-state index < -0.39 is 17.0 Å². The fourth-order valence-corrected chi connectivity index (χ4v) is 2.12. The molecule has 0 aliphatic rings. The summed E-state index contributed by atoms with van der Waals surface area (Å²) in [6, 6.07) is 1.56. The minimum atomic E-state index is -0.748. The third-order valence-corrected chi connectivity index (χ3v) is 3.29. The third kappa shape index (κ3) is 2.52. The van der Waals surface area contributed by atoms with E-state index in [1.165, 1.54) is 0 Å². The van der Waals surface area contributed by atoms with Gasteiger partial charge in [0, 0.05) is 10.9 Å². The summed E-state index contributed by atoms with van der Waals surface area (Å²) in [7, 11) is 0. The van der Waals surface area contributed by atoms with Gasteiger partial charge in [0.2, 0.25) is 5.82 Å². The van der Waals surface area contributed by atoms with Crippen molar-refractivity contribution < 1.29 is 13.5 Å². The molecular formula is C15H16ClFO3. The Morgan fingerprint density at radius 2 is 1.85 bits per heavy atom. The molecule has 0 saturated heterocycles. The second-order valence-electron chi connectivity index (χ2n) is 5.73. The highest BCUT2D eigenvalue weighted by molar-refractivity contribution is 6.32. The number of fused-ring (bicyclic) bond motifs is 1. The van der Waals surface area contributed by atoms with Crippen LogP contribution in [0.3, 0.4) is 0 Å². The highest BCUT2D eigenvalue weighted by atomic mass is 35.5. The van der Waals surface area contributed by atoms with Gasteiger partial charge in [-0.2, -0.15) is 4.39 Å². The molecular weight excluding hydrogens is 283 g/mol. The molecule has 0 aliphatic carbocycles. The zero-order valence-corrected chi connectivity index (χ0v) is 12.8. The van der Waals surface area contributed by atoms with Crippen LogP contribution >= 0.6 is 11.6 Å². The summed E-state index contributed by atoms with van der Waals surface area (Å²) in [5.41, 5.74) is -0.199. The third-order valence-electron chi connectivity index (χ3n) is 3.01. The second kappa shape index (κ2) is 4.77. The first-order valence-electron chi connectivity index (χ1n) is 6.23. The van der Waals surface area contributed by atoms with E-state index in [1.54, 1.807) is 40.7 Å². The lowest BCUT2D eigenvalue weighted by atomic mass is 10.1. The number of aryl methyl sites for hydroxylation is 1. The molecule has 0 fully saturated rings. The lowest BCUT2D eigenvalue weighted by Crippen LogP contribution is -2.24. The minimum Gasteiger partial charge on any atom is -0.483 e. The summed E-state index contributed by atoms with van der Waals surface area (Å²) in [4.78, 5) is 11.7. The molecule has 0 aliphatic heterocycles. The fraction of sp³-hybridized carbons (Fsp3) is 0.400. The van der Waals surface area contributed by atoms with Crippen molar-refractivity contribution in [1.82, 2.24) is 0 Å². The number of hydrogen-bond acceptors (Lipinski definition) is 3. The molecule has 2 rings (SSSR count). The van der Waals surface area contributed by atoms with Crippen molar-refractivity contribution in [3.8, 4) is 5.75 Å². The monoisotopic (exact) mass is 298 g/mol. The van der Waals surface area contributed by atoms with E-state index in [2.05, 4.69) is 0 Å². The predicted octanol–water partition coefficient (Wildman–Crippen LogP) is 4.38. The van der Waals surface area contributed by atoms with Crippen LogP contribution in [0.2, 0.25) is 5.02 Å². The van der Waals surface area contributed by atoms with Crippen molar-refractivity contribution in [2.45, 2.75) is 40.2 Å². The van der Waals surface area contributed by atoms with Crippen LogP contribution in [0.15, 0.2) is 15.3 Å². The summed E-state index contributed by atoms with van der Waals surface area (Å²) in [5, 5.41) is 0.632. The van der Waals surface area contributed by atoms with Gasteiger partial charge in [-0.3, -0.25) is 0 Å². The maximum absolute atomic E-state index is 14.5. The molecule has 108 valence electrons. The molecule has 0 amide bonds. The smallest absolute Gasteiger partial charge is 0.339 e. The molecule has 0 atom stereocenters. The molecule has 2 aromatic rings. The Morgan fingerprint density at radius 3 is 2.40 bits per heavy atom. The van der Waals surface area contributed by atoms with E-state index in [1.807, 2.05) is 0 Å². The van der Waals surface area contributed by atoms with Crippen LogP contribution < -0.4 is 10.4 Å². The van der Waals surface area contributed by atoms with Crippen molar-refractivity contribution in [2.24, 2.45) is 0 Å². The SMILES string of the molecule is Cc1c(C)c2cc(Cl)c(OC(C)(C)C)c(F)c2oc1=O. The predicted molar refractivity (Wildman–Crippen MR) is 77.3 cm³/mol. The van der Waals surface area contributed by atoms with Crippen molar-refractivity contribution >= 4 is 22.6 Å². The normalized spacial score (nSPS) is 11.9. The topological polar surface area (TPSA) is 39.4 Å². The number of rotatable bonds is 1. The first-order valence-corrected chi connectivity index (χ1v) is 6.60. The fourth-order valence-electron chi connectivity index (χ4n) is 1.89. The van der Waals surface area contributed by atoms with Crippen molar-refractivity contribution in [2.75, 3.05) is 0 Å². The largest absolute Gasteiger partial charge is 0.483 e. The number of benzene rings is 1. The van der Waals surface area contributed by atoms with Crippen molar-refractivity contribution in [1.29, 1.82) is 0 Å². The molecule has 0 N–H and O–H groups in total. The molecule has 0 radical (unpaired) electrons. The summed E-state index contributed by atoms with van der Waals surface area (Å²) in [5.74, 6) is -0.847. The zero-order valence-electron chi connectivity index (χ0n) is 12.1. The lowest BCUT2D eigenvalue weighted by Gasteiger charge is -2.22. The van der Waals surface area contributed by atoms with Crippen LogP contribution in [0, 0.1) is 19.7 Å². The van der Waals surface area contributed by atoms with Crippen LogP contribution in [0.4, 0.5) is 4.39 Å². The minimum absolute atomic E-state index is 0.0990. The summed E-state index contributed by atoms with van der Waals surface area (Å²) >= 11 is 6.09. The number of ether oxygens (including phenoxy) is 1. The molecule has 0 unspecified atom stereocenters. The molecule has 3 nitrogen and oxygen atoms in total. The number of hydrogen-bond donors (Lipinski definition) is 0. The Hall–Kier alpha value is -1.55. The van der Waals surface area contributed by atoms with Gasteiger partial charge in [0.25, 0.3) is 0 Å². The van der Waals surface area contributed by atoms with E-state index in [0.29, 0.717) is 16.5 Å². The molecule has 1 heterocycles. The summed E-state index contributed by atoms with van der Waals surface area (Å²) < 4.78 is 25.1. The molecule has 0 spiro atoms. The zero-order chi connectivity index (χ0) is 15.2. The summed E-state index contributed by atoms with van der Waals surface area (Å²) in [6.07, 6.45) is 0. The Kier molecular flexibility index (Phi) is 3.54. The lowest BCUT2D eigenvalue weighted by molar-refractivity contribution is 0.124. The Labute approximate surface area is 121 Å². The van der Waals surface area contributed by atoms with Crippen LogP contribution in [0.1, 0.15) is 31.9 Å². The standard InChI is InChI=1S/C15H16ClFO3/c1-7-8(2)14(18)19-12-9(7)6-10(16)13(11(12)17)20-15(3,4)5/h6H,1-5H3. The van der Waals surface area contributed by atoms with Crippen LogP contribution in [-0.2, 0) is 0 Å². The molecule has 0 bridgehead atoms. The van der Waals surface area contributed by atoms with Gasteiger partial charge in [0.15, 0.2) is 11.3 Å². The Balaban J connectivity index is 2.83.